The first-order chi connectivity index (χ1) is 20.2. The molecule has 0 fully saturated rings. The number of aryl methyl sites for hydroxylation is 1. The third-order valence-electron chi connectivity index (χ3n) is 7.33. The minimum Gasteiger partial charge on any atom is -0.496 e. The van der Waals surface area contributed by atoms with Crippen molar-refractivity contribution in [2.45, 2.75) is 33.7 Å². The zero-order chi connectivity index (χ0) is 30.1. The van der Waals surface area contributed by atoms with Gasteiger partial charge >= 0.3 is 0 Å². The number of non-ortho nitro benzene ring substituents is 1. The molecule has 0 unspecified atom stereocenters. The van der Waals surface area contributed by atoms with Crippen molar-refractivity contribution in [2.75, 3.05) is 20.2 Å². The van der Waals surface area contributed by atoms with Crippen molar-refractivity contribution in [1.29, 1.82) is 0 Å². The van der Waals surface area contributed by atoms with Crippen LogP contribution in [0.5, 0.6) is 5.75 Å². The van der Waals surface area contributed by atoms with Crippen LogP contribution in [0.15, 0.2) is 80.1 Å². The van der Waals surface area contributed by atoms with Crippen LogP contribution in [-0.4, -0.2) is 40.5 Å². The highest BCUT2D eigenvalue weighted by Gasteiger charge is 2.35. The first kappa shape index (κ1) is 28.7. The van der Waals surface area contributed by atoms with Crippen molar-refractivity contribution in [3.05, 3.63) is 113 Å². The Labute approximate surface area is 245 Å². The number of carbonyl (C=O) groups is 1. The third kappa shape index (κ3) is 5.07. The average molecular weight is 587 g/mol. The number of aromatic nitrogens is 1. The zero-order valence-corrected chi connectivity index (χ0v) is 24.7. The molecular formula is C31H30N4O6S. The van der Waals surface area contributed by atoms with E-state index in [0.717, 1.165) is 5.56 Å². The highest BCUT2D eigenvalue weighted by Crippen LogP contribution is 2.36. The molecule has 1 atom stereocenters. The van der Waals surface area contributed by atoms with Gasteiger partial charge < -0.3 is 14.1 Å². The van der Waals surface area contributed by atoms with Gasteiger partial charge in [-0.05, 0) is 51.5 Å². The summed E-state index contributed by atoms with van der Waals surface area (Å²) >= 11 is 1.20. The van der Waals surface area contributed by atoms with Crippen LogP contribution in [0.3, 0.4) is 0 Å². The van der Waals surface area contributed by atoms with E-state index < -0.39 is 11.0 Å². The molecule has 5 rings (SSSR count). The smallest absolute Gasteiger partial charge is 0.271 e. The van der Waals surface area contributed by atoms with Crippen molar-refractivity contribution in [3.63, 3.8) is 0 Å². The molecule has 3 heterocycles. The number of fused-ring (bicyclic) bond motifs is 1. The van der Waals surface area contributed by atoms with Gasteiger partial charge in [-0.1, -0.05) is 35.6 Å². The minimum atomic E-state index is -0.743. The second-order valence-electron chi connectivity index (χ2n) is 9.76. The van der Waals surface area contributed by atoms with Gasteiger partial charge in [-0.15, -0.1) is 0 Å². The van der Waals surface area contributed by atoms with Gasteiger partial charge in [-0.25, -0.2) is 4.99 Å². The lowest BCUT2D eigenvalue weighted by Gasteiger charge is -2.29. The molecule has 0 saturated heterocycles. The lowest BCUT2D eigenvalue weighted by molar-refractivity contribution is -0.384. The Kier molecular flexibility index (Phi) is 7.95. The monoisotopic (exact) mass is 586 g/mol. The fourth-order valence-electron chi connectivity index (χ4n) is 5.16. The van der Waals surface area contributed by atoms with Crippen LogP contribution in [0, 0.1) is 17.0 Å². The molecule has 1 aliphatic heterocycles. The predicted octanol–water partition coefficient (Wildman–Crippen LogP) is 4.59. The number of carbonyl (C=O) groups excluding carboxylic acids is 1. The minimum absolute atomic E-state index is 0.0383. The van der Waals surface area contributed by atoms with Crippen LogP contribution in [0.4, 0.5) is 5.69 Å². The third-order valence-corrected chi connectivity index (χ3v) is 8.32. The van der Waals surface area contributed by atoms with Gasteiger partial charge in [0.15, 0.2) is 4.80 Å². The summed E-state index contributed by atoms with van der Waals surface area (Å²) in [6.45, 7) is 8.49. The molecular weight excluding hydrogens is 556 g/mol. The fourth-order valence-corrected chi connectivity index (χ4v) is 6.18. The Morgan fingerprint density at radius 1 is 1.17 bits per heavy atom. The van der Waals surface area contributed by atoms with E-state index in [1.165, 1.54) is 23.5 Å². The summed E-state index contributed by atoms with van der Waals surface area (Å²) in [6, 6.07) is 14.6. The van der Waals surface area contributed by atoms with Gasteiger partial charge in [-0.2, -0.15) is 0 Å². The van der Waals surface area contributed by atoms with E-state index >= 15 is 0 Å². The summed E-state index contributed by atoms with van der Waals surface area (Å²) < 4.78 is 13.6. The topological polar surface area (TPSA) is 120 Å². The SMILES string of the molecule is CCN(CC)C(=O)C1=C(C)N=c2s/c(=C/c3ccc(-c4cc([N+](=O)[O-])ccc4C)o3)c(=O)n2[C@@H]1c1ccccc1OC. The molecule has 0 bridgehead atoms. The quantitative estimate of drug-likeness (QED) is 0.220. The number of para-hydroxylation sites is 1. The maximum absolute atomic E-state index is 14.0. The summed E-state index contributed by atoms with van der Waals surface area (Å²) in [4.78, 5) is 45.5. The van der Waals surface area contributed by atoms with Gasteiger partial charge in [0.1, 0.15) is 23.3 Å². The average Bonchev–Trinajstić information content (AvgIpc) is 3.56. The first-order valence-corrected chi connectivity index (χ1v) is 14.3. The number of hydrogen-bond acceptors (Lipinski definition) is 8. The molecule has 0 spiro atoms. The number of amides is 1. The lowest BCUT2D eigenvalue weighted by atomic mass is 9.94. The molecule has 2 aromatic carbocycles. The molecule has 10 nitrogen and oxygen atoms in total. The number of ether oxygens (including phenoxy) is 1. The highest BCUT2D eigenvalue weighted by molar-refractivity contribution is 7.07. The Balaban J connectivity index is 1.66. The number of thiazole rings is 1. The molecule has 0 N–H and O–H groups in total. The van der Waals surface area contributed by atoms with Gasteiger partial charge in [-0.3, -0.25) is 24.3 Å². The molecule has 11 heteroatoms. The number of nitrogens with zero attached hydrogens (tertiary/aromatic N) is 4. The van der Waals surface area contributed by atoms with E-state index in [4.69, 9.17) is 14.1 Å². The number of allylic oxidation sites excluding steroid dienone is 1. The maximum atomic E-state index is 14.0. The van der Waals surface area contributed by atoms with Crippen molar-refractivity contribution < 1.29 is 18.9 Å². The summed E-state index contributed by atoms with van der Waals surface area (Å²) in [5, 5.41) is 11.3. The summed E-state index contributed by atoms with van der Waals surface area (Å²) in [5.41, 5.74) is 2.69. The van der Waals surface area contributed by atoms with Crippen LogP contribution in [0.25, 0.3) is 17.4 Å². The summed E-state index contributed by atoms with van der Waals surface area (Å²) in [5.74, 6) is 1.23. The van der Waals surface area contributed by atoms with Crippen molar-refractivity contribution in [1.82, 2.24) is 9.47 Å². The van der Waals surface area contributed by atoms with Crippen molar-refractivity contribution >= 4 is 29.0 Å². The molecule has 0 aliphatic carbocycles. The Morgan fingerprint density at radius 3 is 2.60 bits per heavy atom. The van der Waals surface area contributed by atoms with E-state index in [1.54, 1.807) is 53.8 Å². The number of furan rings is 1. The van der Waals surface area contributed by atoms with E-state index in [-0.39, 0.29) is 17.2 Å². The molecule has 2 aromatic heterocycles. The van der Waals surface area contributed by atoms with Crippen LogP contribution < -0.4 is 19.6 Å². The van der Waals surface area contributed by atoms with Crippen molar-refractivity contribution in [3.8, 4) is 17.1 Å². The number of likely N-dealkylation sites (N-methyl/N-ethyl adjacent to an activating group) is 1. The molecule has 42 heavy (non-hydrogen) atoms. The van der Waals surface area contributed by atoms with Crippen LogP contribution in [0.1, 0.15) is 43.7 Å². The second-order valence-corrected chi connectivity index (χ2v) is 10.8. The Hall–Kier alpha value is -4.77. The normalized spacial score (nSPS) is 14.9. The van der Waals surface area contributed by atoms with E-state index in [9.17, 15) is 19.7 Å². The molecule has 0 saturated carbocycles. The first-order valence-electron chi connectivity index (χ1n) is 13.5. The molecule has 216 valence electrons. The fraction of sp³-hybridized carbons (Fsp3) is 0.258. The van der Waals surface area contributed by atoms with Gasteiger partial charge in [0.05, 0.1) is 27.8 Å². The Morgan fingerprint density at radius 2 is 1.90 bits per heavy atom. The number of hydrogen-bond donors (Lipinski definition) is 0. The largest absolute Gasteiger partial charge is 0.496 e. The standard InChI is InChI=1S/C31H30N4O6S/c1-6-33(7-2)30(37)27-19(4)32-31-34(28(27)22-10-8-9-11-24(22)40-5)29(36)26(42-31)17-21-14-15-25(41-21)23-16-20(35(38)39)13-12-18(23)3/h8-17,28H,6-7H2,1-5H3/b26-17+/t28-/m1/s1. The molecule has 0 radical (unpaired) electrons. The van der Waals surface area contributed by atoms with E-state index in [2.05, 4.69) is 0 Å². The van der Waals surface area contributed by atoms with E-state index in [0.29, 0.717) is 62.1 Å². The van der Waals surface area contributed by atoms with Gasteiger partial charge in [0, 0.05) is 42.4 Å². The molecule has 4 aromatic rings. The number of methoxy groups -OCH3 is 1. The number of nitro groups is 1. The van der Waals surface area contributed by atoms with Crippen LogP contribution in [-0.2, 0) is 4.79 Å². The zero-order valence-electron chi connectivity index (χ0n) is 23.9. The number of nitro benzene ring substituents is 1. The summed E-state index contributed by atoms with van der Waals surface area (Å²) in [7, 11) is 1.56. The van der Waals surface area contributed by atoms with Gasteiger partial charge in [0.25, 0.3) is 17.2 Å². The lowest BCUT2D eigenvalue weighted by Crippen LogP contribution is -2.43. The number of benzene rings is 2. The highest BCUT2D eigenvalue weighted by atomic mass is 32.1. The predicted molar refractivity (Wildman–Crippen MR) is 160 cm³/mol. The maximum Gasteiger partial charge on any atom is 0.271 e. The molecule has 1 amide bonds. The number of rotatable bonds is 8. The second kappa shape index (κ2) is 11.6. The summed E-state index contributed by atoms with van der Waals surface area (Å²) in [6.07, 6.45) is 1.63. The Bertz CT molecular complexity index is 1910. The van der Waals surface area contributed by atoms with Crippen LogP contribution >= 0.6 is 11.3 Å². The van der Waals surface area contributed by atoms with E-state index in [1.807, 2.05) is 39.0 Å². The van der Waals surface area contributed by atoms with Crippen molar-refractivity contribution in [2.24, 2.45) is 4.99 Å². The molecule has 1 aliphatic rings. The van der Waals surface area contributed by atoms with Gasteiger partial charge in [0.2, 0.25) is 0 Å². The van der Waals surface area contributed by atoms with Crippen LogP contribution in [0.2, 0.25) is 0 Å².